The largest absolute Gasteiger partial charge is 0.482 e. The normalized spacial score (nSPS) is 18.9. The maximum absolute atomic E-state index is 12.5. The topological polar surface area (TPSA) is 66.8 Å². The Morgan fingerprint density at radius 1 is 1.24 bits per heavy atom. The Morgan fingerprint density at radius 2 is 1.95 bits per heavy atom. The minimum absolute atomic E-state index is 0.0363. The maximum Gasteiger partial charge on any atom is 0.341 e. The molecule has 1 atom stereocenters. The van der Waals surface area contributed by atoms with Gasteiger partial charge in [-0.1, -0.05) is 12.8 Å². The average Bonchev–Trinajstić information content (AvgIpc) is 2.69. The molecule has 0 bridgehead atoms. The van der Waals surface area contributed by atoms with E-state index in [1.165, 1.54) is 12.8 Å². The molecular formula is C16H21NO4. The van der Waals surface area contributed by atoms with Gasteiger partial charge >= 0.3 is 5.97 Å². The summed E-state index contributed by atoms with van der Waals surface area (Å²) in [4.78, 5) is 24.9. The monoisotopic (exact) mass is 291 g/mol. The number of hydrogen-bond donors (Lipinski definition) is 1. The van der Waals surface area contributed by atoms with Gasteiger partial charge in [0, 0.05) is 18.2 Å². The van der Waals surface area contributed by atoms with Gasteiger partial charge < -0.3 is 14.7 Å². The number of aliphatic carboxylic acids is 1. The van der Waals surface area contributed by atoms with Crippen LogP contribution in [0.1, 0.15) is 43.0 Å². The number of carbonyl (C=O) groups excluding carboxylic acids is 1. The lowest BCUT2D eigenvalue weighted by molar-refractivity contribution is -0.139. The second kappa shape index (κ2) is 7.11. The number of likely N-dealkylation sites (tertiary alicyclic amines) is 1. The third kappa shape index (κ3) is 4.21. The van der Waals surface area contributed by atoms with E-state index in [1.807, 2.05) is 4.90 Å². The molecular weight excluding hydrogens is 270 g/mol. The molecule has 1 aliphatic rings. The van der Waals surface area contributed by atoms with Crippen molar-refractivity contribution in [2.24, 2.45) is 0 Å². The summed E-state index contributed by atoms with van der Waals surface area (Å²) in [5, 5.41) is 8.56. The van der Waals surface area contributed by atoms with Gasteiger partial charge in [-0.3, -0.25) is 4.79 Å². The lowest BCUT2D eigenvalue weighted by atomic mass is 10.1. The van der Waals surface area contributed by atoms with Gasteiger partial charge in [-0.2, -0.15) is 0 Å². The van der Waals surface area contributed by atoms with Gasteiger partial charge in [0.15, 0.2) is 6.61 Å². The highest BCUT2D eigenvalue weighted by molar-refractivity contribution is 5.94. The Morgan fingerprint density at radius 3 is 2.62 bits per heavy atom. The van der Waals surface area contributed by atoms with Gasteiger partial charge in [0.05, 0.1) is 0 Å². The zero-order chi connectivity index (χ0) is 15.2. The minimum Gasteiger partial charge on any atom is -0.482 e. The highest BCUT2D eigenvalue weighted by atomic mass is 16.5. The molecule has 21 heavy (non-hydrogen) atoms. The third-order valence-corrected chi connectivity index (χ3v) is 3.78. The van der Waals surface area contributed by atoms with Crippen LogP contribution in [0.2, 0.25) is 0 Å². The summed E-state index contributed by atoms with van der Waals surface area (Å²) in [5.74, 6) is -0.527. The molecule has 0 aliphatic carbocycles. The van der Waals surface area contributed by atoms with Crippen LogP contribution in [0, 0.1) is 0 Å². The van der Waals surface area contributed by atoms with Crippen molar-refractivity contribution >= 4 is 11.9 Å². The number of rotatable bonds is 4. The fourth-order valence-corrected chi connectivity index (χ4v) is 2.58. The Bertz CT molecular complexity index is 498. The minimum atomic E-state index is -1.02. The fourth-order valence-electron chi connectivity index (χ4n) is 2.58. The Kier molecular flexibility index (Phi) is 5.20. The first kappa shape index (κ1) is 15.4. The van der Waals surface area contributed by atoms with Crippen molar-refractivity contribution in [3.63, 3.8) is 0 Å². The van der Waals surface area contributed by atoms with Crippen molar-refractivity contribution in [1.82, 2.24) is 4.90 Å². The van der Waals surface area contributed by atoms with Gasteiger partial charge in [0.25, 0.3) is 5.91 Å². The van der Waals surface area contributed by atoms with Crippen LogP contribution >= 0.6 is 0 Å². The fraction of sp³-hybridized carbons (Fsp3) is 0.500. The van der Waals surface area contributed by atoms with Crippen LogP contribution in [0.15, 0.2) is 24.3 Å². The second-order valence-electron chi connectivity index (χ2n) is 5.40. The number of amides is 1. The molecule has 1 fully saturated rings. The zero-order valence-electron chi connectivity index (χ0n) is 12.2. The van der Waals surface area contributed by atoms with E-state index in [0.29, 0.717) is 11.3 Å². The quantitative estimate of drug-likeness (QED) is 0.925. The molecule has 5 nitrogen and oxygen atoms in total. The Labute approximate surface area is 124 Å². The van der Waals surface area contributed by atoms with E-state index in [-0.39, 0.29) is 18.6 Å². The average molecular weight is 291 g/mol. The summed E-state index contributed by atoms with van der Waals surface area (Å²) < 4.78 is 5.06. The van der Waals surface area contributed by atoms with Crippen LogP contribution in [0.5, 0.6) is 5.75 Å². The van der Waals surface area contributed by atoms with Gasteiger partial charge in [-0.25, -0.2) is 4.79 Å². The Hall–Kier alpha value is -2.04. The summed E-state index contributed by atoms with van der Waals surface area (Å²) >= 11 is 0. The molecule has 1 unspecified atom stereocenters. The number of nitrogens with zero attached hydrogens (tertiary/aromatic N) is 1. The molecule has 0 spiro atoms. The van der Waals surface area contributed by atoms with E-state index in [1.54, 1.807) is 24.3 Å². The van der Waals surface area contributed by atoms with Crippen LogP contribution in [0.3, 0.4) is 0 Å². The van der Waals surface area contributed by atoms with Crippen LogP contribution in [-0.4, -0.2) is 41.1 Å². The third-order valence-electron chi connectivity index (χ3n) is 3.78. The molecule has 1 aromatic carbocycles. The van der Waals surface area contributed by atoms with Crippen LogP contribution in [0.25, 0.3) is 0 Å². The smallest absolute Gasteiger partial charge is 0.341 e. The van der Waals surface area contributed by atoms with Crippen LogP contribution in [-0.2, 0) is 4.79 Å². The van der Waals surface area contributed by atoms with Crippen molar-refractivity contribution in [2.45, 2.75) is 38.6 Å². The van der Waals surface area contributed by atoms with Crippen molar-refractivity contribution in [3.8, 4) is 5.75 Å². The molecule has 1 heterocycles. The molecule has 1 N–H and O–H groups in total. The molecule has 0 aromatic heterocycles. The van der Waals surface area contributed by atoms with E-state index in [9.17, 15) is 9.59 Å². The number of hydrogen-bond acceptors (Lipinski definition) is 3. The van der Waals surface area contributed by atoms with E-state index < -0.39 is 5.97 Å². The summed E-state index contributed by atoms with van der Waals surface area (Å²) in [6.07, 6.45) is 4.45. The van der Waals surface area contributed by atoms with Crippen LogP contribution in [0.4, 0.5) is 0 Å². The first-order valence-electron chi connectivity index (χ1n) is 7.33. The standard InChI is InChI=1S/C16H21NO4/c1-12-5-3-2-4-10-17(12)16(20)13-6-8-14(9-7-13)21-11-15(18)19/h6-9,12H,2-5,10-11H2,1H3,(H,18,19). The Balaban J connectivity index is 2.03. The van der Waals surface area contributed by atoms with E-state index >= 15 is 0 Å². The number of carboxylic acid groups (broad SMARTS) is 1. The molecule has 2 rings (SSSR count). The predicted octanol–water partition coefficient (Wildman–Crippen LogP) is 2.55. The van der Waals surface area contributed by atoms with Crippen molar-refractivity contribution in [1.29, 1.82) is 0 Å². The van der Waals surface area contributed by atoms with Gasteiger partial charge in [0.1, 0.15) is 5.75 Å². The van der Waals surface area contributed by atoms with E-state index in [0.717, 1.165) is 19.4 Å². The SMILES string of the molecule is CC1CCCCCN1C(=O)c1ccc(OCC(=O)O)cc1. The van der Waals surface area contributed by atoms with Crippen molar-refractivity contribution < 1.29 is 19.4 Å². The summed E-state index contributed by atoms with van der Waals surface area (Å²) in [6, 6.07) is 6.92. The highest BCUT2D eigenvalue weighted by Gasteiger charge is 2.22. The first-order valence-corrected chi connectivity index (χ1v) is 7.33. The number of benzene rings is 1. The number of carboxylic acids is 1. The van der Waals surface area contributed by atoms with Crippen molar-refractivity contribution in [3.05, 3.63) is 29.8 Å². The summed E-state index contributed by atoms with van der Waals surface area (Å²) in [7, 11) is 0. The lowest BCUT2D eigenvalue weighted by Crippen LogP contribution is -2.38. The molecule has 0 saturated carbocycles. The van der Waals surface area contributed by atoms with Gasteiger partial charge in [0.2, 0.25) is 0 Å². The zero-order valence-corrected chi connectivity index (χ0v) is 12.2. The van der Waals surface area contributed by atoms with Crippen LogP contribution < -0.4 is 4.74 Å². The molecule has 1 aliphatic heterocycles. The molecule has 1 aromatic rings. The molecule has 1 amide bonds. The van der Waals surface area contributed by atoms with Crippen molar-refractivity contribution in [2.75, 3.05) is 13.2 Å². The van der Waals surface area contributed by atoms with Gasteiger partial charge in [-0.05, 0) is 44.0 Å². The number of ether oxygens (including phenoxy) is 1. The lowest BCUT2D eigenvalue weighted by Gasteiger charge is -2.27. The van der Waals surface area contributed by atoms with E-state index in [2.05, 4.69) is 6.92 Å². The predicted molar refractivity (Wildman–Crippen MR) is 78.5 cm³/mol. The summed E-state index contributed by atoms with van der Waals surface area (Å²) in [6.45, 7) is 2.52. The molecule has 5 heteroatoms. The second-order valence-corrected chi connectivity index (χ2v) is 5.40. The number of carbonyl (C=O) groups is 2. The molecule has 114 valence electrons. The summed E-state index contributed by atoms with van der Waals surface area (Å²) in [5.41, 5.74) is 0.617. The van der Waals surface area contributed by atoms with E-state index in [4.69, 9.17) is 9.84 Å². The van der Waals surface area contributed by atoms with Gasteiger partial charge in [-0.15, -0.1) is 0 Å². The molecule has 1 saturated heterocycles. The first-order chi connectivity index (χ1) is 10.1. The maximum atomic E-state index is 12.5. The highest BCUT2D eigenvalue weighted by Crippen LogP contribution is 2.20. The molecule has 0 radical (unpaired) electrons.